The van der Waals surface area contributed by atoms with Crippen LogP contribution in [0.3, 0.4) is 0 Å². The highest BCUT2D eigenvalue weighted by atomic mass is 16.5. The van der Waals surface area contributed by atoms with Crippen LogP contribution in [0.25, 0.3) is 0 Å². The second-order valence-electron chi connectivity index (χ2n) is 5.10. The van der Waals surface area contributed by atoms with Crippen LogP contribution in [-0.4, -0.2) is 47.4 Å². The monoisotopic (exact) mass is 307 g/mol. The summed E-state index contributed by atoms with van der Waals surface area (Å²) in [4.78, 5) is 35.4. The van der Waals surface area contributed by atoms with E-state index in [2.05, 4.69) is 0 Å². The van der Waals surface area contributed by atoms with Crippen LogP contribution in [0.15, 0.2) is 24.3 Å². The van der Waals surface area contributed by atoms with E-state index in [1.165, 1.54) is 11.8 Å². The van der Waals surface area contributed by atoms with Crippen LogP contribution in [0.4, 0.5) is 0 Å². The molecule has 0 saturated carbocycles. The van der Waals surface area contributed by atoms with Crippen molar-refractivity contribution < 1.29 is 24.2 Å². The molecule has 120 valence electrons. The van der Waals surface area contributed by atoms with E-state index in [4.69, 9.17) is 9.84 Å². The average molecular weight is 307 g/mol. The molecule has 1 unspecified atom stereocenters. The molecular formula is C16H21NO5. The van der Waals surface area contributed by atoms with E-state index in [-0.39, 0.29) is 18.1 Å². The molecule has 0 heterocycles. The fourth-order valence-corrected chi connectivity index (χ4v) is 1.93. The lowest BCUT2D eigenvalue weighted by Crippen LogP contribution is -2.38. The summed E-state index contributed by atoms with van der Waals surface area (Å²) in [5, 5.41) is 8.58. The first-order valence-corrected chi connectivity index (χ1v) is 7.05. The van der Waals surface area contributed by atoms with Crippen LogP contribution < -0.4 is 4.74 Å². The number of Topliss-reactive ketones (excluding diaryl/α,β-unsaturated/α-hetero) is 1. The number of likely N-dealkylation sites (N-methyl/N-ethyl adjacent to an activating group) is 1. The van der Waals surface area contributed by atoms with E-state index in [9.17, 15) is 14.4 Å². The highest BCUT2D eigenvalue weighted by Gasteiger charge is 2.19. The summed E-state index contributed by atoms with van der Waals surface area (Å²) in [5.74, 6) is -0.743. The number of aliphatic carboxylic acids is 1. The Kier molecular flexibility index (Phi) is 6.56. The van der Waals surface area contributed by atoms with Gasteiger partial charge in [-0.1, -0.05) is 12.1 Å². The van der Waals surface area contributed by atoms with Crippen LogP contribution in [0.5, 0.6) is 5.75 Å². The number of ketones is 1. The van der Waals surface area contributed by atoms with Crippen molar-refractivity contribution in [3.8, 4) is 5.75 Å². The van der Waals surface area contributed by atoms with Gasteiger partial charge in [-0.3, -0.25) is 14.4 Å². The molecule has 6 heteroatoms. The van der Waals surface area contributed by atoms with E-state index < -0.39 is 12.1 Å². The minimum absolute atomic E-state index is 0.0213. The van der Waals surface area contributed by atoms with Crippen molar-refractivity contribution in [1.29, 1.82) is 0 Å². The van der Waals surface area contributed by atoms with Gasteiger partial charge in [0.2, 0.25) is 0 Å². The second-order valence-corrected chi connectivity index (χ2v) is 5.10. The molecule has 6 nitrogen and oxygen atoms in total. The maximum absolute atomic E-state index is 12.1. The van der Waals surface area contributed by atoms with Crippen LogP contribution in [0.1, 0.15) is 37.0 Å². The summed E-state index contributed by atoms with van der Waals surface area (Å²) in [6, 6.07) is 6.65. The molecule has 0 radical (unpaired) electrons. The minimum atomic E-state index is -0.883. The van der Waals surface area contributed by atoms with Crippen molar-refractivity contribution >= 4 is 17.7 Å². The third-order valence-corrected chi connectivity index (χ3v) is 3.16. The molecule has 0 fully saturated rings. The van der Waals surface area contributed by atoms with Gasteiger partial charge in [0.05, 0.1) is 0 Å². The summed E-state index contributed by atoms with van der Waals surface area (Å²) >= 11 is 0. The number of rotatable bonds is 8. The Morgan fingerprint density at radius 2 is 2.00 bits per heavy atom. The van der Waals surface area contributed by atoms with Gasteiger partial charge in [-0.15, -0.1) is 0 Å². The Hall–Kier alpha value is -2.37. The van der Waals surface area contributed by atoms with Gasteiger partial charge in [0, 0.05) is 25.6 Å². The lowest BCUT2D eigenvalue weighted by atomic mass is 10.1. The van der Waals surface area contributed by atoms with Crippen molar-refractivity contribution in [2.45, 2.75) is 32.8 Å². The molecular weight excluding hydrogens is 286 g/mol. The van der Waals surface area contributed by atoms with Gasteiger partial charge in [-0.2, -0.15) is 0 Å². The molecule has 0 bridgehead atoms. The second kappa shape index (κ2) is 8.17. The van der Waals surface area contributed by atoms with E-state index in [0.29, 0.717) is 24.3 Å². The van der Waals surface area contributed by atoms with Crippen LogP contribution in [0, 0.1) is 0 Å². The lowest BCUT2D eigenvalue weighted by molar-refractivity contribution is -0.139. The van der Waals surface area contributed by atoms with E-state index >= 15 is 0 Å². The Balaban J connectivity index is 2.58. The van der Waals surface area contributed by atoms with Gasteiger partial charge in [0.25, 0.3) is 5.91 Å². The zero-order valence-corrected chi connectivity index (χ0v) is 13.0. The Morgan fingerprint density at radius 3 is 2.59 bits per heavy atom. The summed E-state index contributed by atoms with van der Waals surface area (Å²) in [5.41, 5.74) is 0.520. The summed E-state index contributed by atoms with van der Waals surface area (Å²) < 4.78 is 5.56. The molecule has 0 aliphatic heterocycles. The largest absolute Gasteiger partial charge is 0.481 e. The average Bonchev–Trinajstić information content (AvgIpc) is 2.46. The fourth-order valence-electron chi connectivity index (χ4n) is 1.93. The van der Waals surface area contributed by atoms with Gasteiger partial charge in [0.1, 0.15) is 5.75 Å². The third-order valence-electron chi connectivity index (χ3n) is 3.16. The summed E-state index contributed by atoms with van der Waals surface area (Å²) in [6.45, 7) is 3.44. The topological polar surface area (TPSA) is 83.9 Å². The molecule has 1 N–H and O–H groups in total. The zero-order valence-electron chi connectivity index (χ0n) is 13.0. The van der Waals surface area contributed by atoms with E-state index in [0.717, 1.165) is 0 Å². The number of hydrogen-bond donors (Lipinski definition) is 1. The Morgan fingerprint density at radius 1 is 1.32 bits per heavy atom. The summed E-state index contributed by atoms with van der Waals surface area (Å²) in [6.07, 6.45) is -0.297. The van der Waals surface area contributed by atoms with Crippen LogP contribution in [-0.2, 0) is 9.59 Å². The smallest absolute Gasteiger partial charge is 0.303 e. The number of ether oxygens (including phenoxy) is 1. The first kappa shape index (κ1) is 17.7. The van der Waals surface area contributed by atoms with Gasteiger partial charge >= 0.3 is 5.97 Å². The van der Waals surface area contributed by atoms with Crippen LogP contribution >= 0.6 is 0 Å². The van der Waals surface area contributed by atoms with Crippen molar-refractivity contribution in [3.63, 3.8) is 0 Å². The minimum Gasteiger partial charge on any atom is -0.481 e. The molecule has 0 spiro atoms. The van der Waals surface area contributed by atoms with Gasteiger partial charge < -0.3 is 14.7 Å². The molecule has 0 aliphatic carbocycles. The third kappa shape index (κ3) is 5.55. The fraction of sp³-hybridized carbons (Fsp3) is 0.438. The maximum Gasteiger partial charge on any atom is 0.303 e. The molecule has 1 aromatic rings. The maximum atomic E-state index is 12.1. The highest BCUT2D eigenvalue weighted by molar-refractivity contribution is 5.94. The van der Waals surface area contributed by atoms with E-state index in [1.807, 2.05) is 0 Å². The van der Waals surface area contributed by atoms with Crippen molar-refractivity contribution in [1.82, 2.24) is 4.90 Å². The number of carbonyl (C=O) groups is 3. The van der Waals surface area contributed by atoms with E-state index in [1.54, 1.807) is 38.2 Å². The molecule has 1 aromatic carbocycles. The molecule has 1 amide bonds. The number of benzene rings is 1. The Bertz CT molecular complexity index is 555. The molecule has 0 aromatic heterocycles. The predicted octanol–water partition coefficient (Wildman–Crippen LogP) is 1.98. The number of carboxylic acids is 1. The molecule has 0 saturated heterocycles. The lowest BCUT2D eigenvalue weighted by Gasteiger charge is -2.22. The molecule has 22 heavy (non-hydrogen) atoms. The molecule has 1 atom stereocenters. The van der Waals surface area contributed by atoms with Crippen molar-refractivity contribution in [2.24, 2.45) is 0 Å². The Labute approximate surface area is 129 Å². The quantitative estimate of drug-likeness (QED) is 0.742. The SMILES string of the molecule is CC(=O)c1cccc(OC(C)C(=O)N(C)CCCC(=O)O)c1. The zero-order chi connectivity index (χ0) is 16.7. The van der Waals surface area contributed by atoms with Crippen molar-refractivity contribution in [3.05, 3.63) is 29.8 Å². The summed E-state index contributed by atoms with van der Waals surface area (Å²) in [7, 11) is 1.61. The first-order chi connectivity index (χ1) is 10.3. The number of nitrogens with zero attached hydrogens (tertiary/aromatic N) is 1. The van der Waals surface area contributed by atoms with Gasteiger partial charge in [-0.05, 0) is 32.4 Å². The predicted molar refractivity (Wildman–Crippen MR) is 81.0 cm³/mol. The van der Waals surface area contributed by atoms with Gasteiger partial charge in [0.15, 0.2) is 11.9 Å². The number of hydrogen-bond acceptors (Lipinski definition) is 4. The van der Waals surface area contributed by atoms with Gasteiger partial charge in [-0.25, -0.2) is 0 Å². The normalized spacial score (nSPS) is 11.6. The molecule has 0 aliphatic rings. The van der Waals surface area contributed by atoms with Crippen LogP contribution in [0.2, 0.25) is 0 Å². The standard InChI is InChI=1S/C16H21NO5/c1-11(18)13-6-4-7-14(10-13)22-12(2)16(21)17(3)9-5-8-15(19)20/h4,6-7,10,12H,5,8-9H2,1-3H3,(H,19,20). The van der Waals surface area contributed by atoms with Crippen molar-refractivity contribution in [2.75, 3.05) is 13.6 Å². The highest BCUT2D eigenvalue weighted by Crippen LogP contribution is 2.16. The number of carbonyl (C=O) groups excluding carboxylic acids is 2. The first-order valence-electron chi connectivity index (χ1n) is 7.05. The number of carboxylic acid groups (broad SMARTS) is 1. The molecule has 1 rings (SSSR count). The number of amides is 1.